The first kappa shape index (κ1) is 16.8. The van der Waals surface area contributed by atoms with Gasteiger partial charge in [0.15, 0.2) is 0 Å². The lowest BCUT2D eigenvalue weighted by Gasteiger charge is -2.36. The van der Waals surface area contributed by atoms with E-state index in [2.05, 4.69) is 39.4 Å². The first-order valence-corrected chi connectivity index (χ1v) is 8.67. The average molecular weight is 344 g/mol. The fraction of sp³-hybridized carbons (Fsp3) is 0.316. The molecule has 0 aliphatic carbocycles. The number of carbonyl (C=O) groups excluding carboxylic acids is 1. The number of piperazine rings is 1. The Hall–Kier alpha value is -2.04. The Balaban J connectivity index is 1.42. The summed E-state index contributed by atoms with van der Waals surface area (Å²) in [6, 6.07) is 17.8. The van der Waals surface area contributed by atoms with Gasteiger partial charge in [0.1, 0.15) is 0 Å². The molecule has 1 heterocycles. The maximum absolute atomic E-state index is 12.1. The third-order valence-corrected chi connectivity index (χ3v) is 4.63. The van der Waals surface area contributed by atoms with Crippen LogP contribution in [0.3, 0.4) is 0 Å². The SMILES string of the molecule is O=C(CCN1CCN(c2ccccc2)CC1)Nc1ccccc1Cl. The van der Waals surface area contributed by atoms with Gasteiger partial charge < -0.3 is 10.2 Å². The third-order valence-electron chi connectivity index (χ3n) is 4.30. The van der Waals surface area contributed by atoms with Crippen molar-refractivity contribution in [2.24, 2.45) is 0 Å². The normalized spacial score (nSPS) is 15.3. The van der Waals surface area contributed by atoms with E-state index in [1.807, 2.05) is 24.3 Å². The molecular weight excluding hydrogens is 322 g/mol. The minimum Gasteiger partial charge on any atom is -0.369 e. The fourth-order valence-electron chi connectivity index (χ4n) is 2.90. The number of nitrogens with one attached hydrogen (secondary N) is 1. The Morgan fingerprint density at radius 1 is 0.958 bits per heavy atom. The van der Waals surface area contributed by atoms with Crippen LogP contribution in [0.25, 0.3) is 0 Å². The Kier molecular flexibility index (Phi) is 5.72. The van der Waals surface area contributed by atoms with Gasteiger partial charge in [-0.05, 0) is 24.3 Å². The van der Waals surface area contributed by atoms with E-state index in [0.717, 1.165) is 32.7 Å². The zero-order chi connectivity index (χ0) is 16.8. The zero-order valence-electron chi connectivity index (χ0n) is 13.6. The molecule has 1 aliphatic heterocycles. The van der Waals surface area contributed by atoms with Gasteiger partial charge in [0.25, 0.3) is 0 Å². The molecule has 0 unspecified atom stereocenters. The lowest BCUT2D eigenvalue weighted by molar-refractivity contribution is -0.116. The maximum Gasteiger partial charge on any atom is 0.225 e. The van der Waals surface area contributed by atoms with Crippen molar-refractivity contribution >= 4 is 28.9 Å². The number of hydrogen-bond donors (Lipinski definition) is 1. The van der Waals surface area contributed by atoms with E-state index in [-0.39, 0.29) is 5.91 Å². The maximum atomic E-state index is 12.1. The lowest BCUT2D eigenvalue weighted by Crippen LogP contribution is -2.47. The summed E-state index contributed by atoms with van der Waals surface area (Å²) in [5.41, 5.74) is 1.95. The van der Waals surface area contributed by atoms with Gasteiger partial charge in [-0.3, -0.25) is 9.69 Å². The van der Waals surface area contributed by atoms with Crippen LogP contribution >= 0.6 is 11.6 Å². The van der Waals surface area contributed by atoms with Crippen LogP contribution in [0, 0.1) is 0 Å². The molecule has 2 aromatic rings. The molecule has 1 amide bonds. The molecule has 1 fully saturated rings. The number of carbonyl (C=O) groups is 1. The predicted octanol–water partition coefficient (Wildman–Crippen LogP) is 3.49. The summed E-state index contributed by atoms with van der Waals surface area (Å²) in [5.74, 6) is 0.00795. The van der Waals surface area contributed by atoms with Crippen LogP contribution in [0.1, 0.15) is 6.42 Å². The molecule has 0 atom stereocenters. The van der Waals surface area contributed by atoms with Crippen LogP contribution in [0.5, 0.6) is 0 Å². The second kappa shape index (κ2) is 8.18. The molecule has 5 heteroatoms. The molecule has 0 spiro atoms. The topological polar surface area (TPSA) is 35.6 Å². The highest BCUT2D eigenvalue weighted by Crippen LogP contribution is 2.20. The Bertz CT molecular complexity index is 669. The number of nitrogens with zero attached hydrogens (tertiary/aromatic N) is 2. The molecule has 2 aromatic carbocycles. The minimum atomic E-state index is 0.00795. The van der Waals surface area contributed by atoms with Crippen molar-refractivity contribution in [1.29, 1.82) is 0 Å². The average Bonchev–Trinajstić information content (AvgIpc) is 2.63. The molecule has 0 aromatic heterocycles. The molecule has 1 saturated heterocycles. The Labute approximate surface area is 148 Å². The highest BCUT2D eigenvalue weighted by atomic mass is 35.5. The van der Waals surface area contributed by atoms with Crippen molar-refractivity contribution in [3.8, 4) is 0 Å². The van der Waals surface area contributed by atoms with Crippen molar-refractivity contribution in [3.05, 3.63) is 59.6 Å². The number of anilines is 2. The molecule has 3 rings (SSSR count). The summed E-state index contributed by atoms with van der Waals surface area (Å²) in [6.45, 7) is 4.73. The number of halogens is 1. The summed E-state index contributed by atoms with van der Waals surface area (Å²) in [7, 11) is 0. The van der Waals surface area contributed by atoms with E-state index < -0.39 is 0 Å². The molecule has 0 saturated carbocycles. The quantitative estimate of drug-likeness (QED) is 0.902. The van der Waals surface area contributed by atoms with Crippen molar-refractivity contribution in [2.45, 2.75) is 6.42 Å². The third kappa shape index (κ3) is 4.49. The first-order valence-electron chi connectivity index (χ1n) is 8.29. The number of benzene rings is 2. The van der Waals surface area contributed by atoms with E-state index in [9.17, 15) is 4.79 Å². The molecule has 24 heavy (non-hydrogen) atoms. The van der Waals surface area contributed by atoms with Gasteiger partial charge in [0.05, 0.1) is 10.7 Å². The second-order valence-corrected chi connectivity index (χ2v) is 6.35. The van der Waals surface area contributed by atoms with Crippen LogP contribution in [0.15, 0.2) is 54.6 Å². The van der Waals surface area contributed by atoms with Gasteiger partial charge in [0, 0.05) is 44.8 Å². The van der Waals surface area contributed by atoms with Crippen LogP contribution in [0.2, 0.25) is 5.02 Å². The summed E-state index contributed by atoms with van der Waals surface area (Å²) in [5, 5.41) is 3.45. The van der Waals surface area contributed by atoms with Crippen LogP contribution in [0.4, 0.5) is 11.4 Å². The summed E-state index contributed by atoms with van der Waals surface area (Å²) in [4.78, 5) is 16.8. The molecule has 126 valence electrons. The van der Waals surface area contributed by atoms with Gasteiger partial charge in [-0.1, -0.05) is 41.9 Å². The van der Waals surface area contributed by atoms with Gasteiger partial charge in [-0.2, -0.15) is 0 Å². The van der Waals surface area contributed by atoms with E-state index in [1.54, 1.807) is 6.07 Å². The number of hydrogen-bond acceptors (Lipinski definition) is 3. The summed E-state index contributed by atoms with van der Waals surface area (Å²) in [6.07, 6.45) is 0.483. The van der Waals surface area contributed by atoms with Crippen LogP contribution in [-0.4, -0.2) is 43.5 Å². The largest absolute Gasteiger partial charge is 0.369 e. The minimum absolute atomic E-state index is 0.00795. The molecule has 0 radical (unpaired) electrons. The van der Waals surface area contributed by atoms with Crippen molar-refractivity contribution in [2.75, 3.05) is 42.9 Å². The van der Waals surface area contributed by atoms with Gasteiger partial charge in [-0.25, -0.2) is 0 Å². The standard InChI is InChI=1S/C19H22ClN3O/c20-17-8-4-5-9-18(17)21-19(24)10-11-22-12-14-23(15-13-22)16-6-2-1-3-7-16/h1-9H,10-15H2,(H,21,24). The monoisotopic (exact) mass is 343 g/mol. The Morgan fingerprint density at radius 2 is 1.62 bits per heavy atom. The van der Waals surface area contributed by atoms with Gasteiger partial charge >= 0.3 is 0 Å². The highest BCUT2D eigenvalue weighted by Gasteiger charge is 2.17. The molecule has 4 nitrogen and oxygen atoms in total. The lowest BCUT2D eigenvalue weighted by atomic mass is 10.2. The summed E-state index contributed by atoms with van der Waals surface area (Å²) >= 11 is 6.06. The smallest absolute Gasteiger partial charge is 0.225 e. The van der Waals surface area contributed by atoms with Gasteiger partial charge in [0.2, 0.25) is 5.91 Å². The molecular formula is C19H22ClN3O. The van der Waals surface area contributed by atoms with E-state index in [0.29, 0.717) is 17.1 Å². The number of para-hydroxylation sites is 2. The number of rotatable bonds is 5. The van der Waals surface area contributed by atoms with Crippen molar-refractivity contribution in [1.82, 2.24) is 4.90 Å². The van der Waals surface area contributed by atoms with Gasteiger partial charge in [-0.15, -0.1) is 0 Å². The van der Waals surface area contributed by atoms with Crippen LogP contribution < -0.4 is 10.2 Å². The van der Waals surface area contributed by atoms with Crippen molar-refractivity contribution in [3.63, 3.8) is 0 Å². The second-order valence-electron chi connectivity index (χ2n) is 5.94. The summed E-state index contributed by atoms with van der Waals surface area (Å²) < 4.78 is 0. The highest BCUT2D eigenvalue weighted by molar-refractivity contribution is 6.33. The fourth-order valence-corrected chi connectivity index (χ4v) is 3.09. The molecule has 1 N–H and O–H groups in total. The first-order chi connectivity index (χ1) is 11.7. The van der Waals surface area contributed by atoms with Crippen molar-refractivity contribution < 1.29 is 4.79 Å². The molecule has 1 aliphatic rings. The van der Waals surface area contributed by atoms with Crippen LogP contribution in [-0.2, 0) is 4.79 Å². The number of amides is 1. The zero-order valence-corrected chi connectivity index (χ0v) is 14.4. The van der Waals surface area contributed by atoms with E-state index in [4.69, 9.17) is 11.6 Å². The molecule has 0 bridgehead atoms. The predicted molar refractivity (Wildman–Crippen MR) is 99.8 cm³/mol. The van der Waals surface area contributed by atoms with E-state index in [1.165, 1.54) is 5.69 Å². The Morgan fingerprint density at radius 3 is 2.33 bits per heavy atom. The van der Waals surface area contributed by atoms with E-state index >= 15 is 0 Å².